The predicted octanol–water partition coefficient (Wildman–Crippen LogP) is 2.41. The first kappa shape index (κ1) is 23.5. The summed E-state index contributed by atoms with van der Waals surface area (Å²) in [5.74, 6) is -0.381. The second kappa shape index (κ2) is 9.70. The highest BCUT2D eigenvalue weighted by molar-refractivity contribution is 5.94. The molecule has 3 amide bonds. The van der Waals surface area contributed by atoms with E-state index in [9.17, 15) is 27.6 Å². The van der Waals surface area contributed by atoms with Crippen LogP contribution in [0, 0.1) is 5.92 Å². The maximum Gasteiger partial charge on any atom is 0.416 e. The Morgan fingerprint density at radius 2 is 1.48 bits per heavy atom. The zero-order chi connectivity index (χ0) is 23.6. The van der Waals surface area contributed by atoms with E-state index in [2.05, 4.69) is 0 Å². The Morgan fingerprint density at radius 1 is 0.879 bits per heavy atom. The van der Waals surface area contributed by atoms with E-state index >= 15 is 0 Å². The highest BCUT2D eigenvalue weighted by atomic mass is 19.4. The molecule has 3 saturated heterocycles. The lowest BCUT2D eigenvalue weighted by Crippen LogP contribution is -2.53. The molecular formula is C23H28F3N3O4. The van der Waals surface area contributed by atoms with Crippen molar-refractivity contribution in [2.24, 2.45) is 5.92 Å². The van der Waals surface area contributed by atoms with Crippen LogP contribution in [-0.2, 0) is 20.5 Å². The van der Waals surface area contributed by atoms with Gasteiger partial charge >= 0.3 is 6.18 Å². The van der Waals surface area contributed by atoms with Gasteiger partial charge in [-0.1, -0.05) is 0 Å². The molecule has 3 aliphatic rings. The van der Waals surface area contributed by atoms with E-state index in [-0.39, 0.29) is 41.9 Å². The molecule has 10 heteroatoms. The Kier molecular flexibility index (Phi) is 6.92. The molecule has 0 bridgehead atoms. The second-order valence-electron chi connectivity index (χ2n) is 8.84. The van der Waals surface area contributed by atoms with E-state index < -0.39 is 11.7 Å². The van der Waals surface area contributed by atoms with Crippen molar-refractivity contribution in [2.45, 2.75) is 37.9 Å². The third-order valence-electron chi connectivity index (χ3n) is 6.83. The number of alkyl halides is 3. The highest BCUT2D eigenvalue weighted by Gasteiger charge is 2.35. The molecule has 7 nitrogen and oxygen atoms in total. The van der Waals surface area contributed by atoms with E-state index in [1.807, 2.05) is 9.80 Å². The third-order valence-corrected chi connectivity index (χ3v) is 6.83. The first-order valence-electron chi connectivity index (χ1n) is 11.4. The van der Waals surface area contributed by atoms with Crippen LogP contribution in [0.5, 0.6) is 0 Å². The molecule has 1 aromatic carbocycles. The normalized spacial score (nSPS) is 21.4. The van der Waals surface area contributed by atoms with Gasteiger partial charge in [-0.05, 0) is 49.9 Å². The van der Waals surface area contributed by atoms with Crippen molar-refractivity contribution < 1.29 is 32.3 Å². The molecule has 3 fully saturated rings. The summed E-state index contributed by atoms with van der Waals surface area (Å²) in [5, 5.41) is 0. The largest absolute Gasteiger partial charge is 0.416 e. The average Bonchev–Trinajstić information content (AvgIpc) is 2.83. The van der Waals surface area contributed by atoms with Crippen LogP contribution in [0.15, 0.2) is 24.3 Å². The quantitative estimate of drug-likeness (QED) is 0.685. The Bertz CT molecular complexity index is 874. The Balaban J connectivity index is 1.25. The van der Waals surface area contributed by atoms with Gasteiger partial charge in [0.05, 0.1) is 12.2 Å². The van der Waals surface area contributed by atoms with Gasteiger partial charge < -0.3 is 19.4 Å². The summed E-state index contributed by atoms with van der Waals surface area (Å²) in [5.41, 5.74) is -0.572. The van der Waals surface area contributed by atoms with Crippen molar-refractivity contribution in [1.82, 2.24) is 14.7 Å². The number of morpholine rings is 1. The fraction of sp³-hybridized carbons (Fsp3) is 0.609. The van der Waals surface area contributed by atoms with Gasteiger partial charge in [0.15, 0.2) is 0 Å². The van der Waals surface area contributed by atoms with Crippen molar-refractivity contribution in [2.75, 3.05) is 45.9 Å². The number of rotatable bonds is 3. The van der Waals surface area contributed by atoms with Crippen LogP contribution < -0.4 is 0 Å². The predicted molar refractivity (Wildman–Crippen MR) is 112 cm³/mol. The molecular weight excluding hydrogens is 439 g/mol. The van der Waals surface area contributed by atoms with Crippen LogP contribution >= 0.6 is 0 Å². The minimum absolute atomic E-state index is 0.0103. The molecule has 180 valence electrons. The molecule has 33 heavy (non-hydrogen) atoms. The Labute approximate surface area is 190 Å². The van der Waals surface area contributed by atoms with Crippen LogP contribution in [-0.4, -0.2) is 84.4 Å². The molecule has 1 aromatic rings. The monoisotopic (exact) mass is 467 g/mol. The van der Waals surface area contributed by atoms with Crippen LogP contribution in [0.25, 0.3) is 0 Å². The third kappa shape index (κ3) is 5.31. The molecule has 0 unspecified atom stereocenters. The second-order valence-corrected chi connectivity index (χ2v) is 8.84. The van der Waals surface area contributed by atoms with Crippen LogP contribution in [0.3, 0.4) is 0 Å². The summed E-state index contributed by atoms with van der Waals surface area (Å²) in [6.45, 7) is 3.29. The van der Waals surface area contributed by atoms with Gasteiger partial charge in [0.1, 0.15) is 6.61 Å². The van der Waals surface area contributed by atoms with Gasteiger partial charge in [0.2, 0.25) is 11.8 Å². The van der Waals surface area contributed by atoms with Gasteiger partial charge in [0, 0.05) is 50.2 Å². The number of halogens is 3. The lowest BCUT2D eigenvalue weighted by Gasteiger charge is -2.41. The van der Waals surface area contributed by atoms with E-state index in [1.165, 1.54) is 12.1 Å². The minimum Gasteiger partial charge on any atom is -0.370 e. The number of amides is 3. The number of carbonyl (C=O) groups excluding carboxylic acids is 3. The maximum atomic E-state index is 13.0. The number of benzene rings is 1. The average molecular weight is 467 g/mol. The topological polar surface area (TPSA) is 70.2 Å². The van der Waals surface area contributed by atoms with Crippen molar-refractivity contribution in [3.05, 3.63) is 35.4 Å². The fourth-order valence-corrected chi connectivity index (χ4v) is 4.89. The maximum absolute atomic E-state index is 13.0. The number of likely N-dealkylation sites (tertiary alicyclic amines) is 2. The fourth-order valence-electron chi connectivity index (χ4n) is 4.89. The number of hydrogen-bond donors (Lipinski definition) is 0. The number of nitrogens with zero attached hydrogens (tertiary/aromatic N) is 3. The molecule has 0 N–H and O–H groups in total. The van der Waals surface area contributed by atoms with Crippen molar-refractivity contribution in [3.8, 4) is 0 Å². The summed E-state index contributed by atoms with van der Waals surface area (Å²) >= 11 is 0. The first-order chi connectivity index (χ1) is 15.7. The van der Waals surface area contributed by atoms with Crippen molar-refractivity contribution in [1.29, 1.82) is 0 Å². The van der Waals surface area contributed by atoms with E-state index in [0.717, 1.165) is 25.0 Å². The minimum atomic E-state index is -4.44. The smallest absolute Gasteiger partial charge is 0.370 e. The molecule has 0 saturated carbocycles. The number of ether oxygens (including phenoxy) is 1. The lowest BCUT2D eigenvalue weighted by atomic mass is 9.93. The summed E-state index contributed by atoms with van der Waals surface area (Å²) < 4.78 is 43.4. The van der Waals surface area contributed by atoms with Crippen LogP contribution in [0.1, 0.15) is 41.6 Å². The molecule has 0 spiro atoms. The highest BCUT2D eigenvalue weighted by Crippen LogP contribution is 2.30. The van der Waals surface area contributed by atoms with Gasteiger partial charge in [-0.25, -0.2) is 0 Å². The van der Waals surface area contributed by atoms with E-state index in [0.29, 0.717) is 52.2 Å². The number of hydrogen-bond acceptors (Lipinski definition) is 4. The number of carbonyl (C=O) groups is 3. The molecule has 0 atom stereocenters. The van der Waals surface area contributed by atoms with E-state index in [4.69, 9.17) is 4.74 Å². The molecule has 4 rings (SSSR count). The summed E-state index contributed by atoms with van der Waals surface area (Å²) in [7, 11) is 0. The molecule has 3 heterocycles. The van der Waals surface area contributed by atoms with Crippen LogP contribution in [0.2, 0.25) is 0 Å². The zero-order valence-corrected chi connectivity index (χ0v) is 18.4. The SMILES string of the molecule is O=C(c1ccc(C(F)(F)F)cc1)N1CCC(C(=O)N2CCC(N3CCOCC3=O)CC2)CC1. The molecule has 3 aliphatic heterocycles. The standard InChI is InChI=1S/C23H28F3N3O4/c24-23(25,26)18-3-1-16(2-4-18)21(31)27-9-5-17(6-10-27)22(32)28-11-7-19(8-12-28)29-13-14-33-15-20(29)30/h1-4,17,19H,5-15H2. The molecule has 0 aliphatic carbocycles. The van der Waals surface area contributed by atoms with Gasteiger partial charge in [-0.2, -0.15) is 13.2 Å². The summed E-state index contributed by atoms with van der Waals surface area (Å²) in [4.78, 5) is 43.0. The van der Waals surface area contributed by atoms with Gasteiger partial charge in [0.25, 0.3) is 5.91 Å². The van der Waals surface area contributed by atoms with Gasteiger partial charge in [-0.3, -0.25) is 14.4 Å². The number of piperidine rings is 2. The van der Waals surface area contributed by atoms with Crippen LogP contribution in [0.4, 0.5) is 13.2 Å². The van der Waals surface area contributed by atoms with Crippen molar-refractivity contribution >= 4 is 17.7 Å². The molecule has 0 aromatic heterocycles. The summed E-state index contributed by atoms with van der Waals surface area (Å²) in [6.07, 6.45) is -1.86. The zero-order valence-electron chi connectivity index (χ0n) is 18.4. The molecule has 0 radical (unpaired) electrons. The first-order valence-corrected chi connectivity index (χ1v) is 11.4. The van der Waals surface area contributed by atoms with Gasteiger partial charge in [-0.15, -0.1) is 0 Å². The Morgan fingerprint density at radius 3 is 2.06 bits per heavy atom. The Hall–Kier alpha value is -2.62. The van der Waals surface area contributed by atoms with Crippen molar-refractivity contribution in [3.63, 3.8) is 0 Å². The lowest BCUT2D eigenvalue weighted by molar-refractivity contribution is -0.148. The van der Waals surface area contributed by atoms with E-state index in [1.54, 1.807) is 4.90 Å². The summed E-state index contributed by atoms with van der Waals surface area (Å²) in [6, 6.07) is 4.38.